The number of aliphatic hydroxyl groups is 1. The predicted octanol–water partition coefficient (Wildman–Crippen LogP) is 0.823. The van der Waals surface area contributed by atoms with E-state index >= 15 is 0 Å². The average Bonchev–Trinajstić information content (AvgIpc) is 2.91. The van der Waals surface area contributed by atoms with Crippen LogP contribution in [-0.2, 0) is 20.0 Å². The van der Waals surface area contributed by atoms with Gasteiger partial charge in [0.15, 0.2) is 0 Å². The van der Waals surface area contributed by atoms with Gasteiger partial charge in [0.25, 0.3) is 0 Å². The summed E-state index contributed by atoms with van der Waals surface area (Å²) in [6, 6.07) is 9.15. The minimum atomic E-state index is -0.304. The number of urea groups is 1. The van der Waals surface area contributed by atoms with Gasteiger partial charge in [-0.05, 0) is 12.0 Å². The van der Waals surface area contributed by atoms with E-state index in [4.69, 9.17) is 0 Å². The Morgan fingerprint density at radius 2 is 2.10 bits per heavy atom. The Hall–Kier alpha value is -2.34. The Bertz CT molecular complexity index is 568. The zero-order valence-electron chi connectivity index (χ0n) is 12.0. The van der Waals surface area contributed by atoms with Crippen molar-refractivity contribution in [2.75, 3.05) is 6.61 Å². The molecule has 2 rings (SSSR count). The Kier molecular flexibility index (Phi) is 5.34. The first-order chi connectivity index (χ1) is 10.2. The summed E-state index contributed by atoms with van der Waals surface area (Å²) >= 11 is 0. The van der Waals surface area contributed by atoms with Crippen LogP contribution in [0.3, 0.4) is 0 Å². The molecule has 0 aliphatic rings. The molecule has 1 aromatic heterocycles. The number of nitrogens with one attached hydrogen (secondary N) is 2. The van der Waals surface area contributed by atoms with Crippen molar-refractivity contribution in [3.05, 3.63) is 53.9 Å². The zero-order valence-corrected chi connectivity index (χ0v) is 12.0. The molecule has 0 aliphatic heterocycles. The van der Waals surface area contributed by atoms with Crippen molar-refractivity contribution < 1.29 is 9.90 Å². The van der Waals surface area contributed by atoms with Crippen molar-refractivity contribution in [1.29, 1.82) is 0 Å². The van der Waals surface area contributed by atoms with Crippen LogP contribution in [0.15, 0.2) is 42.7 Å². The number of aromatic nitrogens is 2. The molecule has 1 heterocycles. The van der Waals surface area contributed by atoms with Crippen LogP contribution in [0.1, 0.15) is 11.1 Å². The molecule has 0 saturated carbocycles. The zero-order chi connectivity index (χ0) is 15.1. The molecule has 112 valence electrons. The standard InChI is InChI=1S/C15H20N4O2/c1-19-10-13(9-17-19)8-16-15(21)18-14(11-20)7-12-5-3-2-4-6-12/h2-6,9-10,14,20H,7-8,11H2,1H3,(H2,16,18,21)/t14-/m0/s1. The third-order valence-corrected chi connectivity index (χ3v) is 3.09. The molecule has 0 unspecified atom stereocenters. The summed E-state index contributed by atoms with van der Waals surface area (Å²) < 4.78 is 1.68. The van der Waals surface area contributed by atoms with Crippen molar-refractivity contribution in [3.8, 4) is 0 Å². The molecule has 2 amide bonds. The average molecular weight is 288 g/mol. The smallest absolute Gasteiger partial charge is 0.315 e. The fourth-order valence-electron chi connectivity index (χ4n) is 2.04. The first kappa shape index (κ1) is 15.1. The molecule has 0 saturated heterocycles. The molecule has 2 aromatic rings. The minimum Gasteiger partial charge on any atom is -0.394 e. The molecule has 3 N–H and O–H groups in total. The molecule has 0 radical (unpaired) electrons. The molecule has 1 atom stereocenters. The van der Waals surface area contributed by atoms with Gasteiger partial charge in [0.05, 0.1) is 18.8 Å². The van der Waals surface area contributed by atoms with Crippen molar-refractivity contribution in [2.45, 2.75) is 19.0 Å². The van der Waals surface area contributed by atoms with Crippen LogP contribution in [-0.4, -0.2) is 33.6 Å². The van der Waals surface area contributed by atoms with Crippen LogP contribution >= 0.6 is 0 Å². The number of rotatable bonds is 6. The van der Waals surface area contributed by atoms with Crippen molar-refractivity contribution in [1.82, 2.24) is 20.4 Å². The first-order valence-electron chi connectivity index (χ1n) is 6.84. The number of hydrogen-bond donors (Lipinski definition) is 3. The highest BCUT2D eigenvalue weighted by Gasteiger charge is 2.11. The van der Waals surface area contributed by atoms with Gasteiger partial charge in [-0.1, -0.05) is 30.3 Å². The molecule has 6 nitrogen and oxygen atoms in total. The molecule has 0 spiro atoms. The highest BCUT2D eigenvalue weighted by atomic mass is 16.3. The second-order valence-electron chi connectivity index (χ2n) is 4.92. The Morgan fingerprint density at radius 1 is 1.33 bits per heavy atom. The predicted molar refractivity (Wildman–Crippen MR) is 79.6 cm³/mol. The lowest BCUT2D eigenvalue weighted by molar-refractivity contribution is 0.215. The maximum atomic E-state index is 11.8. The molecular weight excluding hydrogens is 268 g/mol. The van der Waals surface area contributed by atoms with Crippen LogP contribution in [0, 0.1) is 0 Å². The van der Waals surface area contributed by atoms with E-state index in [0.29, 0.717) is 13.0 Å². The summed E-state index contributed by atoms with van der Waals surface area (Å²) in [5.41, 5.74) is 2.00. The van der Waals surface area contributed by atoms with Gasteiger partial charge in [0, 0.05) is 25.4 Å². The van der Waals surface area contributed by atoms with Crippen molar-refractivity contribution in [3.63, 3.8) is 0 Å². The Balaban J connectivity index is 1.79. The van der Waals surface area contributed by atoms with Gasteiger partial charge < -0.3 is 15.7 Å². The highest BCUT2D eigenvalue weighted by molar-refractivity contribution is 5.74. The van der Waals surface area contributed by atoms with E-state index in [1.807, 2.05) is 43.6 Å². The molecule has 6 heteroatoms. The Labute approximate surface area is 123 Å². The summed E-state index contributed by atoms with van der Waals surface area (Å²) in [5, 5.41) is 18.9. The first-order valence-corrected chi connectivity index (χ1v) is 6.84. The summed E-state index contributed by atoms with van der Waals surface area (Å²) in [6.07, 6.45) is 4.14. The van der Waals surface area contributed by atoms with E-state index in [1.165, 1.54) is 0 Å². The van der Waals surface area contributed by atoms with Gasteiger partial charge in [0.2, 0.25) is 0 Å². The number of aryl methyl sites for hydroxylation is 1. The molecule has 1 aromatic carbocycles. The fourth-order valence-corrected chi connectivity index (χ4v) is 2.04. The molecule has 0 fully saturated rings. The van der Waals surface area contributed by atoms with Crippen molar-refractivity contribution in [2.24, 2.45) is 7.05 Å². The molecule has 21 heavy (non-hydrogen) atoms. The minimum absolute atomic E-state index is 0.102. The van der Waals surface area contributed by atoms with E-state index in [1.54, 1.807) is 10.9 Å². The lowest BCUT2D eigenvalue weighted by Gasteiger charge is -2.16. The monoisotopic (exact) mass is 288 g/mol. The number of carbonyl (C=O) groups is 1. The fraction of sp³-hybridized carbons (Fsp3) is 0.333. The lowest BCUT2D eigenvalue weighted by atomic mass is 10.1. The normalized spacial score (nSPS) is 11.9. The van der Waals surface area contributed by atoms with Crippen LogP contribution in [0.5, 0.6) is 0 Å². The third kappa shape index (κ3) is 4.92. The summed E-state index contributed by atoms with van der Waals surface area (Å²) in [5.74, 6) is 0. The largest absolute Gasteiger partial charge is 0.394 e. The van der Waals surface area contributed by atoms with Crippen molar-refractivity contribution >= 4 is 6.03 Å². The SMILES string of the molecule is Cn1cc(CNC(=O)N[C@H](CO)Cc2ccccc2)cn1. The van der Waals surface area contributed by atoms with Gasteiger partial charge in [-0.3, -0.25) is 4.68 Å². The number of benzene rings is 1. The quantitative estimate of drug-likeness (QED) is 0.736. The maximum absolute atomic E-state index is 11.8. The molecule has 0 bridgehead atoms. The van der Waals surface area contributed by atoms with Crippen LogP contribution < -0.4 is 10.6 Å². The maximum Gasteiger partial charge on any atom is 0.315 e. The van der Waals surface area contributed by atoms with E-state index in [2.05, 4.69) is 15.7 Å². The number of amides is 2. The third-order valence-electron chi connectivity index (χ3n) is 3.09. The number of carbonyl (C=O) groups excluding carboxylic acids is 1. The number of aliphatic hydroxyl groups excluding tert-OH is 1. The van der Waals surface area contributed by atoms with Gasteiger partial charge in [-0.25, -0.2) is 4.79 Å². The number of hydrogen-bond acceptors (Lipinski definition) is 3. The second kappa shape index (κ2) is 7.44. The van der Waals surface area contributed by atoms with Gasteiger partial charge in [0.1, 0.15) is 0 Å². The van der Waals surface area contributed by atoms with Gasteiger partial charge in [-0.2, -0.15) is 5.10 Å². The van der Waals surface area contributed by atoms with Crippen LogP contribution in [0.2, 0.25) is 0 Å². The van der Waals surface area contributed by atoms with E-state index in [0.717, 1.165) is 11.1 Å². The summed E-state index contributed by atoms with van der Waals surface area (Å²) in [7, 11) is 1.82. The Morgan fingerprint density at radius 3 is 2.71 bits per heavy atom. The summed E-state index contributed by atoms with van der Waals surface area (Å²) in [6.45, 7) is 0.304. The van der Waals surface area contributed by atoms with E-state index in [-0.39, 0.29) is 18.7 Å². The van der Waals surface area contributed by atoms with Crippen LogP contribution in [0.4, 0.5) is 4.79 Å². The topological polar surface area (TPSA) is 79.2 Å². The van der Waals surface area contributed by atoms with Gasteiger partial charge in [-0.15, -0.1) is 0 Å². The number of nitrogens with zero attached hydrogens (tertiary/aromatic N) is 2. The van der Waals surface area contributed by atoms with E-state index < -0.39 is 0 Å². The molecule has 0 aliphatic carbocycles. The van der Waals surface area contributed by atoms with Crippen LogP contribution in [0.25, 0.3) is 0 Å². The van der Waals surface area contributed by atoms with E-state index in [9.17, 15) is 9.90 Å². The summed E-state index contributed by atoms with van der Waals surface area (Å²) in [4.78, 5) is 11.8. The second-order valence-corrected chi connectivity index (χ2v) is 4.92. The molecular formula is C15H20N4O2. The lowest BCUT2D eigenvalue weighted by Crippen LogP contribution is -2.44. The van der Waals surface area contributed by atoms with Gasteiger partial charge >= 0.3 is 6.03 Å². The highest BCUT2D eigenvalue weighted by Crippen LogP contribution is 2.03.